The molecule has 5 heteroatoms. The van der Waals surface area contributed by atoms with Crippen molar-refractivity contribution in [2.24, 2.45) is 0 Å². The lowest BCUT2D eigenvalue weighted by Gasteiger charge is -2.05. The molecule has 2 aromatic rings. The highest BCUT2D eigenvalue weighted by atomic mass is 79.9. The first-order chi connectivity index (χ1) is 8.54. The summed E-state index contributed by atoms with van der Waals surface area (Å²) >= 11 is 3.41. The lowest BCUT2D eigenvalue weighted by Crippen LogP contribution is -2.08. The summed E-state index contributed by atoms with van der Waals surface area (Å²) in [6.07, 6.45) is 1.83. The zero-order valence-corrected chi connectivity index (χ0v) is 12.2. The number of rotatable bonds is 3. The molecule has 0 bridgehead atoms. The molecule has 0 aliphatic heterocycles. The fraction of sp³-hybridized carbons (Fsp3) is 0.385. The minimum atomic E-state index is -0.311. The molecule has 0 spiro atoms. The Hall–Kier alpha value is -1.36. The maximum Gasteiger partial charge on any atom is 0.342 e. The largest absolute Gasteiger partial charge is 0.462 e. The molecule has 2 rings (SSSR count). The van der Waals surface area contributed by atoms with Crippen molar-refractivity contribution in [3.05, 3.63) is 34.1 Å². The molecule has 0 saturated heterocycles. The zero-order valence-electron chi connectivity index (χ0n) is 10.6. The van der Waals surface area contributed by atoms with E-state index < -0.39 is 0 Å². The van der Waals surface area contributed by atoms with Gasteiger partial charge in [-0.3, -0.25) is 0 Å². The molecule has 0 aliphatic rings. The average molecular weight is 311 g/mol. The summed E-state index contributed by atoms with van der Waals surface area (Å²) < 4.78 is 7.74. The van der Waals surface area contributed by atoms with Gasteiger partial charge in [-0.15, -0.1) is 0 Å². The number of carbonyl (C=O) groups excluding carboxylic acids is 1. The van der Waals surface area contributed by atoms with E-state index in [-0.39, 0.29) is 11.9 Å². The van der Waals surface area contributed by atoms with E-state index in [1.165, 1.54) is 0 Å². The predicted molar refractivity (Wildman–Crippen MR) is 72.9 cm³/mol. The Bertz CT molecular complexity index is 590. The third-order valence-corrected chi connectivity index (χ3v) is 3.14. The molecule has 0 aromatic carbocycles. The maximum absolute atomic E-state index is 12.1. The Morgan fingerprint density at radius 1 is 1.56 bits per heavy atom. The second kappa shape index (κ2) is 5.10. The van der Waals surface area contributed by atoms with Crippen LogP contribution in [0.2, 0.25) is 0 Å². The van der Waals surface area contributed by atoms with Crippen molar-refractivity contribution in [3.8, 4) is 0 Å². The van der Waals surface area contributed by atoms with Gasteiger partial charge in [0.25, 0.3) is 0 Å². The molecule has 0 atom stereocenters. The summed E-state index contributed by atoms with van der Waals surface area (Å²) in [6, 6.07) is 3.77. The first kappa shape index (κ1) is 13.1. The molecule has 2 aromatic heterocycles. The number of pyridine rings is 1. The number of nitrogens with zero attached hydrogens (tertiary/aromatic N) is 2. The summed E-state index contributed by atoms with van der Waals surface area (Å²) in [5.41, 5.74) is 2.10. The lowest BCUT2D eigenvalue weighted by atomic mass is 10.0. The van der Waals surface area contributed by atoms with Crippen LogP contribution in [-0.2, 0) is 4.74 Å². The summed E-state index contributed by atoms with van der Waals surface area (Å²) in [7, 11) is 0. The molecule has 0 N–H and O–H groups in total. The Kier molecular flexibility index (Phi) is 3.71. The highest BCUT2D eigenvalue weighted by Gasteiger charge is 2.22. The van der Waals surface area contributed by atoms with Gasteiger partial charge in [-0.05, 0) is 25.0 Å². The van der Waals surface area contributed by atoms with Gasteiger partial charge in [-0.25, -0.2) is 9.31 Å². The quantitative estimate of drug-likeness (QED) is 0.816. The minimum Gasteiger partial charge on any atom is -0.462 e. The molecule has 0 aliphatic carbocycles. The number of fused-ring (bicyclic) bond motifs is 1. The fourth-order valence-electron chi connectivity index (χ4n) is 1.85. The van der Waals surface area contributed by atoms with Gasteiger partial charge in [-0.2, -0.15) is 5.10 Å². The van der Waals surface area contributed by atoms with Crippen LogP contribution in [0, 0.1) is 0 Å². The minimum absolute atomic E-state index is 0.170. The standard InChI is InChI=1S/C13H15BrN2O2/c1-4-18-13(17)11-10-7-9(14)5-6-16(10)15-12(11)8(2)3/h5-8H,4H2,1-3H3. The van der Waals surface area contributed by atoms with Crippen LogP contribution >= 0.6 is 15.9 Å². The maximum atomic E-state index is 12.1. The van der Waals surface area contributed by atoms with Gasteiger partial charge in [0.2, 0.25) is 0 Å². The lowest BCUT2D eigenvalue weighted by molar-refractivity contribution is 0.0527. The van der Waals surface area contributed by atoms with Crippen LogP contribution in [-0.4, -0.2) is 22.2 Å². The van der Waals surface area contributed by atoms with Crippen molar-refractivity contribution in [1.82, 2.24) is 9.61 Å². The average Bonchev–Trinajstić information content (AvgIpc) is 2.67. The smallest absolute Gasteiger partial charge is 0.342 e. The van der Waals surface area contributed by atoms with E-state index in [9.17, 15) is 4.79 Å². The number of halogens is 1. The van der Waals surface area contributed by atoms with Gasteiger partial charge in [0.05, 0.1) is 17.8 Å². The summed E-state index contributed by atoms with van der Waals surface area (Å²) in [4.78, 5) is 12.1. The van der Waals surface area contributed by atoms with Crippen LogP contribution < -0.4 is 0 Å². The van der Waals surface area contributed by atoms with Crippen LogP contribution in [0.15, 0.2) is 22.8 Å². The predicted octanol–water partition coefficient (Wildman–Crippen LogP) is 3.40. The van der Waals surface area contributed by atoms with Gasteiger partial charge in [0.1, 0.15) is 5.56 Å². The second-order valence-electron chi connectivity index (χ2n) is 4.31. The van der Waals surface area contributed by atoms with Crippen LogP contribution in [0.5, 0.6) is 0 Å². The molecule has 18 heavy (non-hydrogen) atoms. The number of carbonyl (C=O) groups is 1. The number of aromatic nitrogens is 2. The van der Waals surface area contributed by atoms with Gasteiger partial charge in [0.15, 0.2) is 0 Å². The van der Waals surface area contributed by atoms with Crippen LogP contribution in [0.25, 0.3) is 5.52 Å². The molecular weight excluding hydrogens is 296 g/mol. The Balaban J connectivity index is 2.68. The van der Waals surface area contributed by atoms with Crippen LogP contribution in [0.1, 0.15) is 42.7 Å². The van der Waals surface area contributed by atoms with Gasteiger partial charge >= 0.3 is 5.97 Å². The van der Waals surface area contributed by atoms with Crippen LogP contribution in [0.4, 0.5) is 0 Å². The monoisotopic (exact) mass is 310 g/mol. The molecule has 0 unspecified atom stereocenters. The fourth-order valence-corrected chi connectivity index (χ4v) is 2.19. The topological polar surface area (TPSA) is 43.6 Å². The zero-order chi connectivity index (χ0) is 13.3. The van der Waals surface area contributed by atoms with Gasteiger partial charge in [-0.1, -0.05) is 29.8 Å². The summed E-state index contributed by atoms with van der Waals surface area (Å²) in [5.74, 6) is -0.141. The number of esters is 1. The molecule has 4 nitrogen and oxygen atoms in total. The Morgan fingerprint density at radius 2 is 2.28 bits per heavy atom. The Morgan fingerprint density at radius 3 is 2.89 bits per heavy atom. The van der Waals surface area contributed by atoms with Crippen molar-refractivity contribution in [2.75, 3.05) is 6.61 Å². The molecule has 96 valence electrons. The van der Waals surface area contributed by atoms with Crippen molar-refractivity contribution < 1.29 is 9.53 Å². The highest BCUT2D eigenvalue weighted by Crippen LogP contribution is 2.25. The van der Waals surface area contributed by atoms with Crippen molar-refractivity contribution in [2.45, 2.75) is 26.7 Å². The van der Waals surface area contributed by atoms with Crippen molar-refractivity contribution >= 4 is 27.4 Å². The van der Waals surface area contributed by atoms with E-state index in [2.05, 4.69) is 21.0 Å². The second-order valence-corrected chi connectivity index (χ2v) is 5.23. The molecule has 0 saturated carbocycles. The van der Waals surface area contributed by atoms with E-state index in [0.29, 0.717) is 12.2 Å². The van der Waals surface area contributed by atoms with E-state index in [1.54, 1.807) is 11.4 Å². The SMILES string of the molecule is CCOC(=O)c1c(C(C)C)nn2ccc(Br)cc12. The molecule has 0 radical (unpaired) electrons. The Labute approximate surface area is 114 Å². The number of ether oxygens (including phenoxy) is 1. The number of hydrogen-bond acceptors (Lipinski definition) is 3. The molecule has 0 fully saturated rings. The first-order valence-electron chi connectivity index (χ1n) is 5.89. The van der Waals surface area contributed by atoms with E-state index >= 15 is 0 Å². The van der Waals surface area contributed by atoms with Crippen LogP contribution in [0.3, 0.4) is 0 Å². The third kappa shape index (κ3) is 2.27. The van der Waals surface area contributed by atoms with E-state index in [1.807, 2.05) is 32.2 Å². The third-order valence-electron chi connectivity index (χ3n) is 2.65. The molecular formula is C13H15BrN2O2. The normalized spacial score (nSPS) is 11.2. The van der Waals surface area contributed by atoms with Crippen molar-refractivity contribution in [1.29, 1.82) is 0 Å². The summed E-state index contributed by atoms with van der Waals surface area (Å²) in [5, 5.41) is 4.45. The highest BCUT2D eigenvalue weighted by molar-refractivity contribution is 9.10. The van der Waals surface area contributed by atoms with E-state index in [0.717, 1.165) is 15.7 Å². The first-order valence-corrected chi connectivity index (χ1v) is 6.68. The van der Waals surface area contributed by atoms with Crippen molar-refractivity contribution in [3.63, 3.8) is 0 Å². The van der Waals surface area contributed by atoms with Gasteiger partial charge < -0.3 is 4.74 Å². The number of hydrogen-bond donors (Lipinski definition) is 0. The molecule has 0 amide bonds. The molecule has 2 heterocycles. The van der Waals surface area contributed by atoms with E-state index in [4.69, 9.17) is 4.74 Å². The van der Waals surface area contributed by atoms with Gasteiger partial charge in [0, 0.05) is 10.7 Å². The summed E-state index contributed by atoms with van der Waals surface area (Å²) in [6.45, 7) is 6.19.